The van der Waals surface area contributed by atoms with Crippen LogP contribution >= 0.6 is 11.3 Å². The fraction of sp³-hybridized carbons (Fsp3) is 0.421. The van der Waals surface area contributed by atoms with Crippen LogP contribution in [0.5, 0.6) is 0 Å². The van der Waals surface area contributed by atoms with Crippen LogP contribution in [0.3, 0.4) is 0 Å². The SMILES string of the molecule is Cc1ccc(C(=O)N2CCc3nc(NC(=O)C4CCCO4)sc3C2)cc1[N+](=O)[O-]. The summed E-state index contributed by atoms with van der Waals surface area (Å²) in [4.78, 5) is 42.8. The number of rotatable bonds is 4. The summed E-state index contributed by atoms with van der Waals surface area (Å²) < 4.78 is 5.39. The van der Waals surface area contributed by atoms with E-state index in [1.165, 1.54) is 17.4 Å². The number of nitro benzene ring substituents is 1. The molecule has 1 atom stereocenters. The average Bonchev–Trinajstić information content (AvgIpc) is 3.36. The van der Waals surface area contributed by atoms with Gasteiger partial charge in [0.05, 0.1) is 17.2 Å². The summed E-state index contributed by atoms with van der Waals surface area (Å²) in [6.45, 7) is 3.07. The Bertz CT molecular complexity index is 983. The van der Waals surface area contributed by atoms with Gasteiger partial charge in [-0.25, -0.2) is 4.98 Å². The molecule has 29 heavy (non-hydrogen) atoms. The molecule has 0 aliphatic carbocycles. The van der Waals surface area contributed by atoms with E-state index in [4.69, 9.17) is 4.74 Å². The van der Waals surface area contributed by atoms with Crippen molar-refractivity contribution in [3.63, 3.8) is 0 Å². The minimum Gasteiger partial charge on any atom is -0.368 e. The molecule has 1 aromatic carbocycles. The molecule has 3 heterocycles. The standard InChI is InChI=1S/C19H20N4O5S/c1-11-4-5-12(9-14(11)23(26)27)18(25)22-7-6-13-16(10-22)29-19(20-13)21-17(24)15-3-2-8-28-15/h4-5,9,15H,2-3,6-8,10H2,1H3,(H,20,21,24). The molecular weight excluding hydrogens is 396 g/mol. The fourth-order valence-corrected chi connectivity index (χ4v) is 4.54. The maximum Gasteiger partial charge on any atom is 0.273 e. The van der Waals surface area contributed by atoms with Gasteiger partial charge in [0.15, 0.2) is 5.13 Å². The van der Waals surface area contributed by atoms with Crippen LogP contribution in [-0.4, -0.2) is 45.9 Å². The third-order valence-corrected chi connectivity index (χ3v) is 6.12. The number of nitrogens with one attached hydrogen (secondary N) is 1. The molecule has 1 fully saturated rings. The van der Waals surface area contributed by atoms with Gasteiger partial charge in [-0.2, -0.15) is 0 Å². The monoisotopic (exact) mass is 416 g/mol. The average molecular weight is 416 g/mol. The molecule has 152 valence electrons. The number of thiazole rings is 1. The van der Waals surface area contributed by atoms with Gasteiger partial charge < -0.3 is 9.64 Å². The van der Waals surface area contributed by atoms with E-state index in [-0.39, 0.29) is 17.5 Å². The number of hydrogen-bond acceptors (Lipinski definition) is 7. The highest BCUT2D eigenvalue weighted by Crippen LogP contribution is 2.30. The van der Waals surface area contributed by atoms with E-state index in [1.807, 2.05) is 0 Å². The lowest BCUT2D eigenvalue weighted by Crippen LogP contribution is -2.35. The number of nitrogens with zero attached hydrogens (tertiary/aromatic N) is 3. The Kier molecular flexibility index (Phi) is 5.29. The van der Waals surface area contributed by atoms with Crippen molar-refractivity contribution in [1.82, 2.24) is 9.88 Å². The number of aryl methyl sites for hydroxylation is 1. The normalized spacial score (nSPS) is 18.4. The van der Waals surface area contributed by atoms with Gasteiger partial charge in [0, 0.05) is 41.6 Å². The maximum absolute atomic E-state index is 12.9. The Labute approximate surface area is 170 Å². The van der Waals surface area contributed by atoms with E-state index < -0.39 is 11.0 Å². The smallest absolute Gasteiger partial charge is 0.273 e. The second-order valence-corrected chi connectivity index (χ2v) is 8.20. The number of carbonyl (C=O) groups excluding carboxylic acids is 2. The summed E-state index contributed by atoms with van der Waals surface area (Å²) in [5, 5.41) is 14.5. The minimum absolute atomic E-state index is 0.0644. The third-order valence-electron chi connectivity index (χ3n) is 5.12. The van der Waals surface area contributed by atoms with Crippen molar-refractivity contribution in [2.75, 3.05) is 18.5 Å². The summed E-state index contributed by atoms with van der Waals surface area (Å²) in [6.07, 6.45) is 1.73. The summed E-state index contributed by atoms with van der Waals surface area (Å²) in [7, 11) is 0. The second kappa shape index (κ2) is 7.88. The lowest BCUT2D eigenvalue weighted by atomic mass is 10.1. The van der Waals surface area contributed by atoms with Crippen LogP contribution in [0, 0.1) is 17.0 Å². The Morgan fingerprint density at radius 2 is 2.24 bits per heavy atom. The Balaban J connectivity index is 1.46. The Morgan fingerprint density at radius 1 is 1.41 bits per heavy atom. The Hall–Kier alpha value is -2.85. The quantitative estimate of drug-likeness (QED) is 0.605. The van der Waals surface area contributed by atoms with Crippen LogP contribution in [0.4, 0.5) is 10.8 Å². The van der Waals surface area contributed by atoms with E-state index in [1.54, 1.807) is 24.0 Å². The zero-order valence-corrected chi connectivity index (χ0v) is 16.7. The van der Waals surface area contributed by atoms with Gasteiger partial charge in [-0.1, -0.05) is 17.4 Å². The van der Waals surface area contributed by atoms with Gasteiger partial charge >= 0.3 is 0 Å². The molecule has 0 saturated carbocycles. The first-order valence-electron chi connectivity index (χ1n) is 9.37. The predicted octanol–water partition coefficient (Wildman–Crippen LogP) is 2.68. The maximum atomic E-state index is 12.9. The number of ether oxygens (including phenoxy) is 1. The van der Waals surface area contributed by atoms with Crippen LogP contribution in [0.15, 0.2) is 18.2 Å². The van der Waals surface area contributed by atoms with Crippen molar-refractivity contribution in [3.8, 4) is 0 Å². The molecular formula is C19H20N4O5S. The van der Waals surface area contributed by atoms with E-state index in [2.05, 4.69) is 10.3 Å². The van der Waals surface area contributed by atoms with Gasteiger partial charge in [-0.3, -0.25) is 25.0 Å². The van der Waals surface area contributed by atoms with Crippen molar-refractivity contribution in [1.29, 1.82) is 0 Å². The van der Waals surface area contributed by atoms with Crippen molar-refractivity contribution < 1.29 is 19.2 Å². The number of hydrogen-bond donors (Lipinski definition) is 1. The minimum atomic E-state index is -0.480. The molecule has 0 radical (unpaired) electrons. The summed E-state index contributed by atoms with van der Waals surface area (Å²) in [5.74, 6) is -0.439. The van der Waals surface area contributed by atoms with Gasteiger partial charge in [-0.15, -0.1) is 0 Å². The first-order chi connectivity index (χ1) is 13.9. The molecule has 9 nitrogen and oxygen atoms in total. The molecule has 0 spiro atoms. The van der Waals surface area contributed by atoms with Crippen LogP contribution in [0.1, 0.15) is 39.3 Å². The highest BCUT2D eigenvalue weighted by atomic mass is 32.1. The molecule has 2 aliphatic rings. The number of aromatic nitrogens is 1. The molecule has 1 saturated heterocycles. The van der Waals surface area contributed by atoms with E-state index in [9.17, 15) is 19.7 Å². The highest BCUT2D eigenvalue weighted by Gasteiger charge is 2.28. The van der Waals surface area contributed by atoms with E-state index in [0.29, 0.717) is 48.8 Å². The number of benzene rings is 1. The molecule has 4 rings (SSSR count). The Morgan fingerprint density at radius 3 is 2.97 bits per heavy atom. The van der Waals surface area contributed by atoms with Crippen molar-refractivity contribution in [3.05, 3.63) is 50.0 Å². The number of fused-ring (bicyclic) bond motifs is 1. The lowest BCUT2D eigenvalue weighted by Gasteiger charge is -2.26. The second-order valence-electron chi connectivity index (χ2n) is 7.11. The number of carbonyl (C=O) groups is 2. The third kappa shape index (κ3) is 3.99. The topological polar surface area (TPSA) is 115 Å². The summed E-state index contributed by atoms with van der Waals surface area (Å²) >= 11 is 1.35. The van der Waals surface area contributed by atoms with E-state index in [0.717, 1.165) is 17.0 Å². The first-order valence-corrected chi connectivity index (χ1v) is 10.2. The lowest BCUT2D eigenvalue weighted by molar-refractivity contribution is -0.385. The molecule has 2 aliphatic heterocycles. The molecule has 2 amide bonds. The first kappa shape index (κ1) is 19.5. The molecule has 1 N–H and O–H groups in total. The molecule has 1 unspecified atom stereocenters. The molecule has 10 heteroatoms. The van der Waals surface area contributed by atoms with Gasteiger partial charge in [-0.05, 0) is 25.8 Å². The van der Waals surface area contributed by atoms with Crippen molar-refractivity contribution in [2.24, 2.45) is 0 Å². The molecule has 2 aromatic rings. The summed E-state index contributed by atoms with van der Waals surface area (Å²) in [5.41, 5.74) is 1.62. The predicted molar refractivity (Wildman–Crippen MR) is 106 cm³/mol. The zero-order valence-electron chi connectivity index (χ0n) is 15.8. The van der Waals surface area contributed by atoms with Crippen LogP contribution < -0.4 is 5.32 Å². The van der Waals surface area contributed by atoms with Gasteiger partial charge in [0.1, 0.15) is 6.10 Å². The largest absolute Gasteiger partial charge is 0.368 e. The highest BCUT2D eigenvalue weighted by molar-refractivity contribution is 7.15. The number of anilines is 1. The fourth-order valence-electron chi connectivity index (χ4n) is 3.51. The molecule has 0 bridgehead atoms. The summed E-state index contributed by atoms with van der Waals surface area (Å²) in [6, 6.07) is 4.53. The van der Waals surface area contributed by atoms with Gasteiger partial charge in [0.25, 0.3) is 17.5 Å². The van der Waals surface area contributed by atoms with Crippen molar-refractivity contribution in [2.45, 2.75) is 38.8 Å². The van der Waals surface area contributed by atoms with Crippen LogP contribution in [0.25, 0.3) is 0 Å². The van der Waals surface area contributed by atoms with E-state index >= 15 is 0 Å². The zero-order chi connectivity index (χ0) is 20.5. The molecule has 1 aromatic heterocycles. The van der Waals surface area contributed by atoms with Crippen LogP contribution in [-0.2, 0) is 22.5 Å². The number of nitro groups is 1. The van der Waals surface area contributed by atoms with Crippen LogP contribution in [0.2, 0.25) is 0 Å². The van der Waals surface area contributed by atoms with Crippen molar-refractivity contribution >= 4 is 34.0 Å². The van der Waals surface area contributed by atoms with Gasteiger partial charge in [0.2, 0.25) is 0 Å². The number of amides is 2.